The van der Waals surface area contributed by atoms with E-state index in [2.05, 4.69) is 10.3 Å². The van der Waals surface area contributed by atoms with Crippen LogP contribution in [0.25, 0.3) is 10.9 Å². The van der Waals surface area contributed by atoms with Crippen LogP contribution in [0.1, 0.15) is 10.4 Å². The van der Waals surface area contributed by atoms with Gasteiger partial charge < -0.3 is 19.5 Å². The minimum Gasteiger partial charge on any atom is -0.493 e. The van der Waals surface area contributed by atoms with Gasteiger partial charge in [0.1, 0.15) is 12.2 Å². The summed E-state index contributed by atoms with van der Waals surface area (Å²) in [4.78, 5) is 28.1. The van der Waals surface area contributed by atoms with E-state index in [1.807, 2.05) is 12.1 Å². The molecule has 29 heavy (non-hydrogen) atoms. The highest BCUT2D eigenvalue weighted by Gasteiger charge is 2.25. The van der Waals surface area contributed by atoms with Gasteiger partial charge in [0.2, 0.25) is 0 Å². The van der Waals surface area contributed by atoms with Crippen molar-refractivity contribution in [2.75, 3.05) is 32.8 Å². The van der Waals surface area contributed by atoms with Crippen LogP contribution in [0.5, 0.6) is 11.5 Å². The van der Waals surface area contributed by atoms with E-state index in [4.69, 9.17) is 14.2 Å². The molecule has 0 unspecified atom stereocenters. The molecule has 0 saturated carbocycles. The summed E-state index contributed by atoms with van der Waals surface area (Å²) in [6.45, 7) is 0.477. The lowest BCUT2D eigenvalue weighted by Gasteiger charge is -2.13. The Morgan fingerprint density at radius 2 is 1.93 bits per heavy atom. The molecule has 0 fully saturated rings. The molecule has 0 bridgehead atoms. The Morgan fingerprint density at radius 3 is 2.66 bits per heavy atom. The highest BCUT2D eigenvalue weighted by Crippen LogP contribution is 2.35. The van der Waals surface area contributed by atoms with Gasteiger partial charge in [-0.2, -0.15) is 0 Å². The summed E-state index contributed by atoms with van der Waals surface area (Å²) >= 11 is 0. The number of hydrogen-bond donors (Lipinski definition) is 1. The molecule has 1 aromatic heterocycles. The third kappa shape index (κ3) is 4.41. The predicted molar refractivity (Wildman–Crippen MR) is 107 cm³/mol. The smallest absolute Gasteiger partial charge is 0.286 e. The third-order valence-electron chi connectivity index (χ3n) is 4.15. The van der Waals surface area contributed by atoms with Crippen LogP contribution in [0.3, 0.4) is 0 Å². The van der Waals surface area contributed by atoms with Gasteiger partial charge in [0.25, 0.3) is 11.6 Å². The molecule has 0 aliphatic rings. The van der Waals surface area contributed by atoms with Crippen molar-refractivity contribution in [1.82, 2.24) is 4.98 Å². The second-order valence-corrected chi connectivity index (χ2v) is 5.95. The highest BCUT2D eigenvalue weighted by atomic mass is 16.6. The van der Waals surface area contributed by atoms with Crippen molar-refractivity contribution in [3.8, 4) is 11.5 Å². The average molecular weight is 397 g/mol. The van der Waals surface area contributed by atoms with Gasteiger partial charge >= 0.3 is 0 Å². The minimum atomic E-state index is -0.656. The number of carbonyl (C=O) groups is 1. The molecule has 0 saturated heterocycles. The largest absolute Gasteiger partial charge is 0.493 e. The first-order valence-corrected chi connectivity index (χ1v) is 8.68. The lowest BCUT2D eigenvalue weighted by Crippen LogP contribution is -2.15. The molecule has 2 aromatic carbocycles. The van der Waals surface area contributed by atoms with Gasteiger partial charge in [-0.05, 0) is 12.1 Å². The Hall–Kier alpha value is -3.72. The topological polar surface area (TPSA) is 113 Å². The first-order valence-electron chi connectivity index (χ1n) is 8.68. The van der Waals surface area contributed by atoms with Crippen LogP contribution < -0.4 is 14.8 Å². The zero-order valence-corrected chi connectivity index (χ0v) is 15.9. The van der Waals surface area contributed by atoms with Crippen LogP contribution >= 0.6 is 0 Å². The number of pyridine rings is 1. The normalized spacial score (nSPS) is 10.6. The number of anilines is 1. The van der Waals surface area contributed by atoms with E-state index in [9.17, 15) is 14.9 Å². The Kier molecular flexibility index (Phi) is 6.20. The number of fused-ring (bicyclic) bond motifs is 1. The van der Waals surface area contributed by atoms with Gasteiger partial charge in [0.05, 0.1) is 35.9 Å². The summed E-state index contributed by atoms with van der Waals surface area (Å²) in [5, 5.41) is 15.1. The van der Waals surface area contributed by atoms with Crippen molar-refractivity contribution in [3.63, 3.8) is 0 Å². The summed E-state index contributed by atoms with van der Waals surface area (Å²) in [7, 11) is 2.90. The summed E-state index contributed by atoms with van der Waals surface area (Å²) in [6.07, 6.45) is 1.61. The third-order valence-corrected chi connectivity index (χ3v) is 4.15. The number of nitrogens with zero attached hydrogens (tertiary/aromatic N) is 2. The summed E-state index contributed by atoms with van der Waals surface area (Å²) in [5.74, 6) is -0.302. The second kappa shape index (κ2) is 8.98. The number of hydrogen-bond acceptors (Lipinski definition) is 7. The number of amides is 1. The fourth-order valence-electron chi connectivity index (χ4n) is 2.78. The molecule has 0 aliphatic carbocycles. The van der Waals surface area contributed by atoms with Crippen molar-refractivity contribution < 1.29 is 23.9 Å². The number of nitrogens with one attached hydrogen (secondary N) is 1. The molecular formula is C20H19N3O6. The van der Waals surface area contributed by atoms with Gasteiger partial charge in [-0.1, -0.05) is 18.2 Å². The summed E-state index contributed by atoms with van der Waals surface area (Å²) in [6, 6.07) is 11.4. The number of nitro groups is 1. The Labute approximate surface area is 166 Å². The number of rotatable bonds is 8. The number of benzene rings is 2. The van der Waals surface area contributed by atoms with Gasteiger partial charge in [-0.3, -0.25) is 19.9 Å². The fraction of sp³-hybridized carbons (Fsp3) is 0.200. The van der Waals surface area contributed by atoms with Crippen LogP contribution in [-0.2, 0) is 4.74 Å². The van der Waals surface area contributed by atoms with Gasteiger partial charge in [0.15, 0.2) is 11.5 Å². The molecular weight excluding hydrogens is 378 g/mol. The highest BCUT2D eigenvalue weighted by molar-refractivity contribution is 6.10. The molecule has 3 aromatic rings. The maximum atomic E-state index is 12.9. The van der Waals surface area contributed by atoms with E-state index >= 15 is 0 Å². The maximum Gasteiger partial charge on any atom is 0.286 e. The average Bonchev–Trinajstić information content (AvgIpc) is 2.73. The van der Waals surface area contributed by atoms with Crippen molar-refractivity contribution in [3.05, 3.63) is 64.3 Å². The molecule has 3 rings (SSSR count). The molecule has 1 amide bonds. The second-order valence-electron chi connectivity index (χ2n) is 5.95. The zero-order chi connectivity index (χ0) is 20.8. The monoisotopic (exact) mass is 397 g/mol. The lowest BCUT2D eigenvalue weighted by molar-refractivity contribution is -0.385. The molecule has 9 nitrogen and oxygen atoms in total. The van der Waals surface area contributed by atoms with Crippen LogP contribution in [0.4, 0.5) is 11.4 Å². The Bertz CT molecular complexity index is 1050. The van der Waals surface area contributed by atoms with Gasteiger partial charge in [-0.15, -0.1) is 0 Å². The van der Waals surface area contributed by atoms with Gasteiger partial charge in [-0.25, -0.2) is 0 Å². The molecule has 150 valence electrons. The summed E-state index contributed by atoms with van der Waals surface area (Å²) in [5.41, 5.74) is 0.474. The zero-order valence-electron chi connectivity index (χ0n) is 15.9. The van der Waals surface area contributed by atoms with Crippen LogP contribution in [-0.4, -0.2) is 43.2 Å². The standard InChI is InChI=1S/C20H19N3O6/c1-27-9-10-29-18-12-16(23(25)26)14(11-17(18)28-2)20(24)22-15-7-3-5-13-6-4-8-21-19(13)15/h3-8,11-12H,9-10H2,1-2H3,(H,22,24). The van der Waals surface area contributed by atoms with Crippen molar-refractivity contribution >= 4 is 28.2 Å². The van der Waals surface area contributed by atoms with Crippen LogP contribution in [0.2, 0.25) is 0 Å². The number of aromatic nitrogens is 1. The number of methoxy groups -OCH3 is 2. The van der Waals surface area contributed by atoms with Gasteiger partial charge in [0, 0.05) is 24.8 Å². The van der Waals surface area contributed by atoms with E-state index in [0.717, 1.165) is 5.39 Å². The molecule has 0 aliphatic heterocycles. The molecule has 0 radical (unpaired) electrons. The first kappa shape index (κ1) is 20.0. The van der Waals surface area contributed by atoms with E-state index < -0.39 is 16.5 Å². The number of nitro benzene ring substituents is 1. The quantitative estimate of drug-likeness (QED) is 0.352. The van der Waals surface area contributed by atoms with E-state index in [1.165, 1.54) is 26.4 Å². The molecule has 9 heteroatoms. The van der Waals surface area contributed by atoms with E-state index in [-0.39, 0.29) is 23.7 Å². The Balaban J connectivity index is 1.97. The van der Waals surface area contributed by atoms with Crippen LogP contribution in [0.15, 0.2) is 48.7 Å². The molecule has 1 heterocycles. The van der Waals surface area contributed by atoms with Crippen molar-refractivity contribution in [1.29, 1.82) is 0 Å². The van der Waals surface area contributed by atoms with E-state index in [1.54, 1.807) is 24.4 Å². The number of ether oxygens (including phenoxy) is 3. The maximum absolute atomic E-state index is 12.9. The number of para-hydroxylation sites is 1. The van der Waals surface area contributed by atoms with E-state index in [0.29, 0.717) is 17.8 Å². The first-order chi connectivity index (χ1) is 14.0. The minimum absolute atomic E-state index is 0.152. The Morgan fingerprint density at radius 1 is 1.14 bits per heavy atom. The molecule has 0 atom stereocenters. The predicted octanol–water partition coefficient (Wildman–Crippen LogP) is 3.43. The van der Waals surface area contributed by atoms with Crippen molar-refractivity contribution in [2.45, 2.75) is 0 Å². The van der Waals surface area contributed by atoms with Crippen molar-refractivity contribution in [2.24, 2.45) is 0 Å². The number of carbonyl (C=O) groups excluding carboxylic acids is 1. The van der Waals surface area contributed by atoms with Crippen LogP contribution in [0, 0.1) is 10.1 Å². The molecule has 1 N–H and O–H groups in total. The fourth-order valence-corrected chi connectivity index (χ4v) is 2.78. The summed E-state index contributed by atoms with van der Waals surface area (Å²) < 4.78 is 15.6. The molecule has 0 spiro atoms. The lowest BCUT2D eigenvalue weighted by atomic mass is 10.1. The SMILES string of the molecule is COCCOc1cc([N+](=O)[O-])c(C(=O)Nc2cccc3cccnc23)cc1OC.